The van der Waals surface area contributed by atoms with Gasteiger partial charge in [-0.25, -0.2) is 0 Å². The molecule has 3 aromatic carbocycles. The van der Waals surface area contributed by atoms with Crippen LogP contribution in [0.15, 0.2) is 72.8 Å². The van der Waals surface area contributed by atoms with Crippen molar-refractivity contribution in [3.8, 4) is 11.1 Å². The SMILES string of the molecule is C.CN[C@@H](C)C(=O)N[C@H](C(=O)N1C[C@@H](CC(=O)c2ccc(C)cc2)C[C@H]1C(=O)NC1c2ccccc2-c2ccccc21)C(C)(C)C. The van der Waals surface area contributed by atoms with E-state index in [1.807, 2.05) is 88.4 Å². The Morgan fingerprint density at radius 3 is 2.00 bits per heavy atom. The van der Waals surface area contributed by atoms with Crippen molar-refractivity contribution in [2.75, 3.05) is 13.6 Å². The number of ketones is 1. The van der Waals surface area contributed by atoms with Gasteiger partial charge in [0.25, 0.3) is 0 Å². The highest BCUT2D eigenvalue weighted by Gasteiger charge is 2.46. The highest BCUT2D eigenvalue weighted by atomic mass is 16.2. The molecule has 5 rings (SSSR count). The number of Topliss-reactive ketones (excluding diaryl/α,β-unsaturated/α-hetero) is 1. The van der Waals surface area contributed by atoms with Gasteiger partial charge in [-0.15, -0.1) is 0 Å². The van der Waals surface area contributed by atoms with Crippen LogP contribution in [0.5, 0.6) is 0 Å². The molecular weight excluding hydrogens is 576 g/mol. The van der Waals surface area contributed by atoms with Gasteiger partial charge < -0.3 is 20.9 Å². The lowest BCUT2D eigenvalue weighted by atomic mass is 9.85. The summed E-state index contributed by atoms with van der Waals surface area (Å²) in [4.78, 5) is 56.4. The number of rotatable bonds is 9. The molecule has 244 valence electrons. The van der Waals surface area contributed by atoms with Crippen molar-refractivity contribution in [1.82, 2.24) is 20.9 Å². The number of fused-ring (bicyclic) bond motifs is 3. The van der Waals surface area contributed by atoms with Crippen LogP contribution < -0.4 is 16.0 Å². The fourth-order valence-electron chi connectivity index (χ4n) is 6.44. The normalized spacial score (nSPS) is 18.5. The van der Waals surface area contributed by atoms with Crippen LogP contribution in [0.4, 0.5) is 0 Å². The van der Waals surface area contributed by atoms with Gasteiger partial charge in [-0.05, 0) is 60.9 Å². The molecule has 8 nitrogen and oxygen atoms in total. The van der Waals surface area contributed by atoms with Crippen molar-refractivity contribution in [2.45, 2.75) is 79.1 Å². The van der Waals surface area contributed by atoms with E-state index in [2.05, 4.69) is 28.1 Å². The molecule has 0 spiro atoms. The summed E-state index contributed by atoms with van der Waals surface area (Å²) >= 11 is 0. The van der Waals surface area contributed by atoms with Crippen molar-refractivity contribution < 1.29 is 19.2 Å². The molecule has 1 saturated heterocycles. The van der Waals surface area contributed by atoms with Crippen LogP contribution in [0.2, 0.25) is 0 Å². The molecule has 8 heteroatoms. The Bertz CT molecular complexity index is 1550. The van der Waals surface area contributed by atoms with Crippen molar-refractivity contribution in [1.29, 1.82) is 0 Å². The Morgan fingerprint density at radius 1 is 0.891 bits per heavy atom. The molecule has 0 saturated carbocycles. The molecule has 2 aliphatic rings. The minimum Gasteiger partial charge on any atom is -0.343 e. The van der Waals surface area contributed by atoms with E-state index in [4.69, 9.17) is 0 Å². The third kappa shape index (κ3) is 7.07. The second kappa shape index (κ2) is 14.0. The van der Waals surface area contributed by atoms with Crippen LogP contribution in [0, 0.1) is 18.3 Å². The van der Waals surface area contributed by atoms with E-state index >= 15 is 0 Å². The third-order valence-corrected chi connectivity index (χ3v) is 9.17. The van der Waals surface area contributed by atoms with Gasteiger partial charge in [0, 0.05) is 18.5 Å². The summed E-state index contributed by atoms with van der Waals surface area (Å²) in [6, 6.07) is 21.0. The first kappa shape index (κ1) is 34.6. The molecule has 1 heterocycles. The fourth-order valence-corrected chi connectivity index (χ4v) is 6.44. The first-order valence-corrected chi connectivity index (χ1v) is 15.8. The maximum atomic E-state index is 14.4. The van der Waals surface area contributed by atoms with Gasteiger partial charge in [-0.1, -0.05) is 107 Å². The second-order valence-electron chi connectivity index (χ2n) is 13.5. The summed E-state index contributed by atoms with van der Waals surface area (Å²) in [6.45, 7) is 9.65. The average Bonchev–Trinajstić information content (AvgIpc) is 3.58. The van der Waals surface area contributed by atoms with Crippen LogP contribution in [-0.4, -0.2) is 60.1 Å². The lowest BCUT2D eigenvalue weighted by Crippen LogP contribution is -2.59. The predicted molar refractivity (Wildman–Crippen MR) is 182 cm³/mol. The number of hydrogen-bond donors (Lipinski definition) is 3. The molecule has 0 radical (unpaired) electrons. The van der Waals surface area contributed by atoms with E-state index in [1.54, 1.807) is 18.9 Å². The van der Waals surface area contributed by atoms with E-state index in [9.17, 15) is 19.2 Å². The Morgan fingerprint density at radius 2 is 1.46 bits per heavy atom. The van der Waals surface area contributed by atoms with Gasteiger partial charge in [0.1, 0.15) is 12.1 Å². The molecule has 0 bridgehead atoms. The van der Waals surface area contributed by atoms with Crippen LogP contribution in [0.25, 0.3) is 11.1 Å². The highest BCUT2D eigenvalue weighted by molar-refractivity contribution is 5.97. The largest absolute Gasteiger partial charge is 0.343 e. The predicted octanol–water partition coefficient (Wildman–Crippen LogP) is 5.45. The van der Waals surface area contributed by atoms with Crippen LogP contribution in [0.1, 0.15) is 81.1 Å². The van der Waals surface area contributed by atoms with Gasteiger partial charge in [0.2, 0.25) is 17.7 Å². The van der Waals surface area contributed by atoms with E-state index < -0.39 is 23.5 Å². The monoisotopic (exact) mass is 624 g/mol. The number of nitrogens with one attached hydrogen (secondary N) is 3. The molecule has 4 atom stereocenters. The van der Waals surface area contributed by atoms with Crippen molar-refractivity contribution in [3.63, 3.8) is 0 Å². The Hall–Kier alpha value is -4.30. The van der Waals surface area contributed by atoms with Crippen molar-refractivity contribution in [2.24, 2.45) is 11.3 Å². The summed E-state index contributed by atoms with van der Waals surface area (Å²) < 4.78 is 0. The first-order chi connectivity index (χ1) is 21.4. The zero-order chi connectivity index (χ0) is 32.5. The third-order valence-electron chi connectivity index (χ3n) is 9.17. The summed E-state index contributed by atoms with van der Waals surface area (Å²) in [5, 5.41) is 9.12. The number of benzene rings is 3. The molecular formula is C38H48N4O4. The summed E-state index contributed by atoms with van der Waals surface area (Å²) in [5.74, 6) is -1.12. The van der Waals surface area contributed by atoms with Gasteiger partial charge in [0.05, 0.1) is 12.1 Å². The molecule has 1 aliphatic carbocycles. The first-order valence-electron chi connectivity index (χ1n) is 15.8. The van der Waals surface area contributed by atoms with E-state index in [0.717, 1.165) is 27.8 Å². The standard InChI is InChI=1S/C37H44N4O4.CH4/c1-22-15-17-25(18-16-22)31(42)20-24-19-30(41(21-24)36(45)33(37(3,4)5)40-34(43)23(2)38-6)35(44)39-32-28-13-9-7-11-26(28)27-12-8-10-14-29(27)32;/h7-18,23-24,30,32-33,38H,19-21H2,1-6H3,(H,39,44)(H,40,43);1H4/t23-,24+,30-,33+;/m0./s1. The fraction of sp³-hybridized carbons (Fsp3) is 0.421. The molecule has 3 aromatic rings. The molecule has 1 aliphatic heterocycles. The number of hydrogen-bond acceptors (Lipinski definition) is 5. The molecule has 3 amide bonds. The zero-order valence-corrected chi connectivity index (χ0v) is 27.0. The summed E-state index contributed by atoms with van der Waals surface area (Å²) in [7, 11) is 1.69. The quantitative estimate of drug-likeness (QED) is 0.275. The Labute approximate surface area is 273 Å². The maximum Gasteiger partial charge on any atom is 0.246 e. The average molecular weight is 625 g/mol. The maximum absolute atomic E-state index is 14.4. The number of carbonyl (C=O) groups excluding carboxylic acids is 4. The number of nitrogens with zero attached hydrogens (tertiary/aromatic N) is 1. The van der Waals surface area contributed by atoms with Crippen LogP contribution in [0.3, 0.4) is 0 Å². The molecule has 3 N–H and O–H groups in total. The second-order valence-corrected chi connectivity index (χ2v) is 13.5. The number of likely N-dealkylation sites (tertiary alicyclic amines) is 1. The number of likely N-dealkylation sites (N-methyl/N-ethyl adjacent to an activating group) is 1. The minimum atomic E-state index is -0.865. The van der Waals surface area contributed by atoms with Gasteiger partial charge in [-0.2, -0.15) is 0 Å². The van der Waals surface area contributed by atoms with E-state index in [0.29, 0.717) is 12.0 Å². The topological polar surface area (TPSA) is 108 Å². The van der Waals surface area contributed by atoms with Crippen molar-refractivity contribution in [3.05, 3.63) is 95.1 Å². The highest BCUT2D eigenvalue weighted by Crippen LogP contribution is 2.43. The smallest absolute Gasteiger partial charge is 0.246 e. The number of amides is 3. The minimum absolute atomic E-state index is 0. The Kier molecular flexibility index (Phi) is 10.5. The van der Waals surface area contributed by atoms with Gasteiger partial charge in [-0.3, -0.25) is 19.2 Å². The van der Waals surface area contributed by atoms with Crippen molar-refractivity contribution >= 4 is 23.5 Å². The lowest BCUT2D eigenvalue weighted by Gasteiger charge is -2.36. The summed E-state index contributed by atoms with van der Waals surface area (Å²) in [6.07, 6.45) is 0.567. The molecule has 46 heavy (non-hydrogen) atoms. The van der Waals surface area contributed by atoms with Crippen LogP contribution >= 0.6 is 0 Å². The summed E-state index contributed by atoms with van der Waals surface area (Å²) in [5.41, 5.74) is 5.23. The van der Waals surface area contributed by atoms with Crippen LogP contribution in [-0.2, 0) is 14.4 Å². The number of carbonyl (C=O) groups is 4. The van der Waals surface area contributed by atoms with E-state index in [1.165, 1.54) is 0 Å². The number of aryl methyl sites for hydroxylation is 1. The molecule has 1 fully saturated rings. The lowest BCUT2D eigenvalue weighted by molar-refractivity contribution is -0.144. The van der Waals surface area contributed by atoms with Gasteiger partial charge in [0.15, 0.2) is 5.78 Å². The Balaban J connectivity index is 0.00000480. The zero-order valence-electron chi connectivity index (χ0n) is 27.0. The molecule has 0 aromatic heterocycles. The van der Waals surface area contributed by atoms with E-state index in [-0.39, 0.29) is 55.9 Å². The van der Waals surface area contributed by atoms with Gasteiger partial charge >= 0.3 is 0 Å². The molecule has 0 unspecified atom stereocenters.